The van der Waals surface area contributed by atoms with Crippen LogP contribution in [0.3, 0.4) is 0 Å². The average Bonchev–Trinajstić information content (AvgIpc) is 2.30. The van der Waals surface area contributed by atoms with Gasteiger partial charge in [0.25, 0.3) is 0 Å². The summed E-state index contributed by atoms with van der Waals surface area (Å²) in [5, 5.41) is 0. The van der Waals surface area contributed by atoms with E-state index in [2.05, 4.69) is 49.3 Å². The molecule has 0 amide bonds. The van der Waals surface area contributed by atoms with Crippen LogP contribution in [0, 0.1) is 17.3 Å². The largest absolute Gasteiger partial charge is 0.303 e. The summed E-state index contributed by atoms with van der Waals surface area (Å²) in [5.74, 6) is 1.77. The first kappa shape index (κ1) is 16.7. The molecule has 3 aliphatic rings. The molecule has 3 heteroatoms. The summed E-state index contributed by atoms with van der Waals surface area (Å²) in [6.07, 6.45) is 2.84. The van der Waals surface area contributed by atoms with Gasteiger partial charge in [-0.2, -0.15) is 0 Å². The number of piperidine rings is 1. The van der Waals surface area contributed by atoms with E-state index in [4.69, 9.17) is 0 Å². The molecule has 128 valence electrons. The molecule has 0 unspecified atom stereocenters. The first-order chi connectivity index (χ1) is 10.3. The van der Waals surface area contributed by atoms with Crippen LogP contribution < -0.4 is 0 Å². The molecule has 3 heterocycles. The highest BCUT2D eigenvalue weighted by Crippen LogP contribution is 2.43. The summed E-state index contributed by atoms with van der Waals surface area (Å²) in [6.45, 7) is 22.4. The minimum atomic E-state index is 0.370. The third-order valence-electron chi connectivity index (χ3n) is 5.97. The predicted octanol–water partition coefficient (Wildman–Crippen LogP) is 2.77. The second-order valence-electron chi connectivity index (χ2n) is 9.83. The van der Waals surface area contributed by atoms with Crippen LogP contribution in [0.1, 0.15) is 47.5 Å². The molecule has 0 aromatic carbocycles. The first-order valence-electron chi connectivity index (χ1n) is 9.46. The van der Waals surface area contributed by atoms with Crippen LogP contribution in [0.5, 0.6) is 0 Å². The minimum absolute atomic E-state index is 0.370. The maximum Gasteiger partial charge on any atom is 0.0212 e. The van der Waals surface area contributed by atoms with Crippen molar-refractivity contribution in [3.63, 3.8) is 0 Å². The van der Waals surface area contributed by atoms with Gasteiger partial charge >= 0.3 is 0 Å². The number of nitrogens with zero attached hydrogens (tertiary/aromatic N) is 3. The third kappa shape index (κ3) is 3.68. The van der Waals surface area contributed by atoms with Crippen LogP contribution in [0.25, 0.3) is 0 Å². The fourth-order valence-corrected chi connectivity index (χ4v) is 4.70. The summed E-state index contributed by atoms with van der Waals surface area (Å²) in [5.41, 5.74) is 1.04. The molecule has 1 spiro atoms. The van der Waals surface area contributed by atoms with E-state index in [0.29, 0.717) is 11.0 Å². The van der Waals surface area contributed by atoms with E-state index >= 15 is 0 Å². The van der Waals surface area contributed by atoms with E-state index in [1.807, 2.05) is 0 Å². The molecule has 3 aliphatic heterocycles. The monoisotopic (exact) mass is 307 g/mol. The van der Waals surface area contributed by atoms with Crippen molar-refractivity contribution in [3.05, 3.63) is 0 Å². The molecule has 3 nitrogen and oxygen atoms in total. The van der Waals surface area contributed by atoms with Crippen molar-refractivity contribution in [2.75, 3.05) is 52.4 Å². The zero-order valence-electron chi connectivity index (χ0n) is 15.6. The molecular formula is C19H37N3. The van der Waals surface area contributed by atoms with Crippen molar-refractivity contribution in [1.29, 1.82) is 0 Å². The Bertz CT molecular complexity index is 363. The molecule has 3 saturated heterocycles. The van der Waals surface area contributed by atoms with Crippen LogP contribution in [0.2, 0.25) is 0 Å². The van der Waals surface area contributed by atoms with Crippen molar-refractivity contribution in [3.8, 4) is 0 Å². The summed E-state index contributed by atoms with van der Waals surface area (Å²) in [6, 6.07) is 0. The Balaban J connectivity index is 1.33. The Labute approximate surface area is 138 Å². The van der Waals surface area contributed by atoms with Crippen molar-refractivity contribution < 1.29 is 0 Å². The van der Waals surface area contributed by atoms with E-state index in [-0.39, 0.29) is 0 Å². The Hall–Kier alpha value is -0.120. The molecule has 0 saturated carbocycles. The van der Waals surface area contributed by atoms with Gasteiger partial charge in [0.1, 0.15) is 0 Å². The molecule has 0 aliphatic carbocycles. The third-order valence-corrected chi connectivity index (χ3v) is 5.97. The smallest absolute Gasteiger partial charge is 0.0212 e. The molecule has 0 aromatic rings. The molecule has 0 bridgehead atoms. The molecule has 0 atom stereocenters. The van der Waals surface area contributed by atoms with Crippen LogP contribution in [-0.4, -0.2) is 72.6 Å². The summed E-state index contributed by atoms with van der Waals surface area (Å²) in [7, 11) is 0. The standard InChI is InChI=1S/C19H37N3/c1-16(2)10-20-8-6-17(7-9-20)11-21-12-19(13-21)14-22(15-19)18(3,4)5/h16-17H,6-15H2,1-5H3. The van der Waals surface area contributed by atoms with Gasteiger partial charge in [0, 0.05) is 50.2 Å². The second kappa shape index (κ2) is 6.07. The Morgan fingerprint density at radius 2 is 1.55 bits per heavy atom. The number of hydrogen-bond acceptors (Lipinski definition) is 3. The van der Waals surface area contributed by atoms with Crippen molar-refractivity contribution >= 4 is 0 Å². The molecule has 0 aromatic heterocycles. The molecule has 0 radical (unpaired) electrons. The normalized spacial score (nSPS) is 28.1. The second-order valence-corrected chi connectivity index (χ2v) is 9.83. The molecule has 3 rings (SSSR count). The van der Waals surface area contributed by atoms with Gasteiger partial charge in [-0.15, -0.1) is 0 Å². The lowest BCUT2D eigenvalue weighted by atomic mass is 9.70. The fourth-order valence-electron chi connectivity index (χ4n) is 4.70. The molecule has 3 fully saturated rings. The van der Waals surface area contributed by atoms with E-state index in [1.54, 1.807) is 0 Å². The zero-order valence-corrected chi connectivity index (χ0v) is 15.6. The van der Waals surface area contributed by atoms with Gasteiger partial charge in [0.15, 0.2) is 0 Å². The Morgan fingerprint density at radius 1 is 0.955 bits per heavy atom. The predicted molar refractivity (Wildman–Crippen MR) is 94.2 cm³/mol. The van der Waals surface area contributed by atoms with Gasteiger partial charge < -0.3 is 9.80 Å². The van der Waals surface area contributed by atoms with Gasteiger partial charge in [0.2, 0.25) is 0 Å². The summed E-state index contributed by atoms with van der Waals surface area (Å²) < 4.78 is 0. The van der Waals surface area contributed by atoms with Crippen LogP contribution in [0.4, 0.5) is 0 Å². The first-order valence-corrected chi connectivity index (χ1v) is 9.46. The van der Waals surface area contributed by atoms with Gasteiger partial charge in [0.05, 0.1) is 0 Å². The SMILES string of the molecule is CC(C)CN1CCC(CN2CC3(C2)CN(C(C)(C)C)C3)CC1. The lowest BCUT2D eigenvalue weighted by Gasteiger charge is -2.64. The average molecular weight is 308 g/mol. The van der Waals surface area contributed by atoms with Crippen LogP contribution >= 0.6 is 0 Å². The Morgan fingerprint density at radius 3 is 2.05 bits per heavy atom. The Kier molecular flexibility index (Phi) is 4.61. The fraction of sp³-hybridized carbons (Fsp3) is 1.00. The van der Waals surface area contributed by atoms with Gasteiger partial charge in [-0.25, -0.2) is 0 Å². The molecule has 22 heavy (non-hydrogen) atoms. The lowest BCUT2D eigenvalue weighted by Crippen LogP contribution is -2.75. The quantitative estimate of drug-likeness (QED) is 0.791. The topological polar surface area (TPSA) is 9.72 Å². The molecule has 0 N–H and O–H groups in total. The van der Waals surface area contributed by atoms with E-state index in [0.717, 1.165) is 11.8 Å². The lowest BCUT2D eigenvalue weighted by molar-refractivity contribution is -0.148. The summed E-state index contributed by atoms with van der Waals surface area (Å²) in [4.78, 5) is 8.06. The van der Waals surface area contributed by atoms with Crippen molar-refractivity contribution in [2.24, 2.45) is 17.3 Å². The summed E-state index contributed by atoms with van der Waals surface area (Å²) >= 11 is 0. The molecular weight excluding hydrogens is 270 g/mol. The highest BCUT2D eigenvalue weighted by atomic mass is 15.3. The highest BCUT2D eigenvalue weighted by Gasteiger charge is 2.53. The van der Waals surface area contributed by atoms with Crippen LogP contribution in [0.15, 0.2) is 0 Å². The maximum absolute atomic E-state index is 2.74. The highest BCUT2D eigenvalue weighted by molar-refractivity contribution is 5.08. The zero-order chi connectivity index (χ0) is 16.0. The van der Waals surface area contributed by atoms with E-state index < -0.39 is 0 Å². The van der Waals surface area contributed by atoms with Crippen LogP contribution in [-0.2, 0) is 0 Å². The number of likely N-dealkylation sites (tertiary alicyclic amines) is 3. The minimum Gasteiger partial charge on any atom is -0.303 e. The van der Waals surface area contributed by atoms with Gasteiger partial charge in [-0.3, -0.25) is 4.90 Å². The maximum atomic E-state index is 2.74. The van der Waals surface area contributed by atoms with E-state index in [9.17, 15) is 0 Å². The number of hydrogen-bond donors (Lipinski definition) is 0. The van der Waals surface area contributed by atoms with Crippen molar-refractivity contribution in [2.45, 2.75) is 53.0 Å². The van der Waals surface area contributed by atoms with Gasteiger partial charge in [-0.1, -0.05) is 13.8 Å². The number of rotatable bonds is 4. The van der Waals surface area contributed by atoms with Crippen molar-refractivity contribution in [1.82, 2.24) is 14.7 Å². The van der Waals surface area contributed by atoms with E-state index in [1.165, 1.54) is 65.2 Å². The van der Waals surface area contributed by atoms with Gasteiger partial charge in [-0.05, 0) is 58.5 Å².